The van der Waals surface area contributed by atoms with E-state index in [9.17, 15) is 14.9 Å². The molecular formula is C22H25N5O5S. The van der Waals surface area contributed by atoms with Gasteiger partial charge in [-0.2, -0.15) is 4.98 Å². The average molecular weight is 472 g/mol. The van der Waals surface area contributed by atoms with E-state index in [0.717, 1.165) is 24.5 Å². The SMILES string of the molecule is O=C(Nc1ccc([N+](=O)[O-])cc1)OCCc1noc(-c2ccc(CN3CCCCCC3)s2)n1. The van der Waals surface area contributed by atoms with Crippen molar-refractivity contribution in [1.82, 2.24) is 15.0 Å². The number of amides is 1. The molecule has 3 heterocycles. The van der Waals surface area contributed by atoms with Crippen LogP contribution in [0.4, 0.5) is 16.2 Å². The van der Waals surface area contributed by atoms with Gasteiger partial charge in [0.1, 0.15) is 6.61 Å². The molecule has 1 saturated heterocycles. The highest BCUT2D eigenvalue weighted by molar-refractivity contribution is 7.15. The number of thiophene rings is 1. The Balaban J connectivity index is 1.23. The van der Waals surface area contributed by atoms with Crippen LogP contribution in [0.1, 0.15) is 36.4 Å². The smallest absolute Gasteiger partial charge is 0.411 e. The molecule has 2 aromatic heterocycles. The highest BCUT2D eigenvalue weighted by Gasteiger charge is 2.15. The quantitative estimate of drug-likeness (QED) is 0.364. The minimum atomic E-state index is -0.663. The lowest BCUT2D eigenvalue weighted by atomic mass is 10.2. The van der Waals surface area contributed by atoms with Gasteiger partial charge < -0.3 is 9.26 Å². The lowest BCUT2D eigenvalue weighted by Crippen LogP contribution is -2.23. The van der Waals surface area contributed by atoms with Crippen molar-refractivity contribution in [2.45, 2.75) is 38.6 Å². The van der Waals surface area contributed by atoms with Gasteiger partial charge in [0.15, 0.2) is 5.82 Å². The third-order valence-corrected chi connectivity index (χ3v) is 6.36. The van der Waals surface area contributed by atoms with Crippen LogP contribution < -0.4 is 5.32 Å². The number of nitrogens with one attached hydrogen (secondary N) is 1. The number of nitro benzene ring substituents is 1. The molecule has 3 aromatic rings. The van der Waals surface area contributed by atoms with Crippen LogP contribution in [0, 0.1) is 10.1 Å². The second-order valence-corrected chi connectivity index (χ2v) is 8.96. The molecule has 0 saturated carbocycles. The average Bonchev–Trinajstić information content (AvgIpc) is 3.38. The number of anilines is 1. The van der Waals surface area contributed by atoms with Crippen LogP contribution >= 0.6 is 11.3 Å². The summed E-state index contributed by atoms with van der Waals surface area (Å²) in [6.45, 7) is 3.32. The Morgan fingerprint density at radius 1 is 1.15 bits per heavy atom. The maximum absolute atomic E-state index is 11.9. The van der Waals surface area contributed by atoms with E-state index in [-0.39, 0.29) is 12.3 Å². The molecule has 0 spiro atoms. The van der Waals surface area contributed by atoms with E-state index in [1.165, 1.54) is 54.8 Å². The Hall–Kier alpha value is -3.31. The molecule has 1 fully saturated rings. The Kier molecular flexibility index (Phi) is 7.63. The standard InChI is InChI=1S/C22H25N5O5S/c28-22(23-16-5-7-17(8-6-16)27(29)30)31-14-11-20-24-21(32-25-20)19-10-9-18(33-19)15-26-12-3-1-2-4-13-26/h5-10H,1-4,11-15H2,(H,23,28). The summed E-state index contributed by atoms with van der Waals surface area (Å²) in [5, 5.41) is 17.2. The molecule has 11 heteroatoms. The van der Waals surface area contributed by atoms with Crippen molar-refractivity contribution in [3.8, 4) is 10.8 Å². The number of likely N-dealkylation sites (tertiary alicyclic amines) is 1. The predicted octanol–water partition coefficient (Wildman–Crippen LogP) is 4.87. The fraction of sp³-hybridized carbons (Fsp3) is 0.409. The number of aromatic nitrogens is 2. The number of rotatable bonds is 8. The summed E-state index contributed by atoms with van der Waals surface area (Å²) in [7, 11) is 0. The third kappa shape index (κ3) is 6.59. The highest BCUT2D eigenvalue weighted by atomic mass is 32.1. The molecule has 0 unspecified atom stereocenters. The summed E-state index contributed by atoms with van der Waals surface area (Å²) >= 11 is 1.66. The van der Waals surface area contributed by atoms with Crippen LogP contribution in [-0.2, 0) is 17.7 Å². The van der Waals surface area contributed by atoms with Crippen molar-refractivity contribution < 1.29 is 19.0 Å². The number of carbonyl (C=O) groups is 1. The maximum atomic E-state index is 11.9. The van der Waals surface area contributed by atoms with Crippen molar-refractivity contribution in [3.05, 3.63) is 57.2 Å². The molecule has 174 valence electrons. The molecule has 10 nitrogen and oxygen atoms in total. The first kappa shape index (κ1) is 22.9. The molecule has 0 aliphatic carbocycles. The summed E-state index contributed by atoms with van der Waals surface area (Å²) in [6.07, 6.45) is 4.81. The number of ether oxygens (including phenoxy) is 1. The number of nitrogens with zero attached hydrogens (tertiary/aromatic N) is 4. The van der Waals surface area contributed by atoms with Crippen LogP contribution in [-0.4, -0.2) is 45.8 Å². The Morgan fingerprint density at radius 2 is 1.91 bits per heavy atom. The van der Waals surface area contributed by atoms with Crippen molar-refractivity contribution in [2.75, 3.05) is 25.0 Å². The number of hydrogen-bond donors (Lipinski definition) is 1. The van der Waals surface area contributed by atoms with Gasteiger partial charge >= 0.3 is 6.09 Å². The second kappa shape index (κ2) is 11.0. The maximum Gasteiger partial charge on any atom is 0.411 e. The molecule has 1 aliphatic rings. The van der Waals surface area contributed by atoms with Crippen LogP contribution in [0.2, 0.25) is 0 Å². The topological polar surface area (TPSA) is 124 Å². The zero-order chi connectivity index (χ0) is 23.0. The van der Waals surface area contributed by atoms with E-state index in [2.05, 4.69) is 26.4 Å². The van der Waals surface area contributed by atoms with E-state index in [4.69, 9.17) is 9.26 Å². The highest BCUT2D eigenvalue weighted by Crippen LogP contribution is 2.28. The van der Waals surface area contributed by atoms with Gasteiger partial charge in [-0.1, -0.05) is 18.0 Å². The van der Waals surface area contributed by atoms with Gasteiger partial charge in [0.25, 0.3) is 11.6 Å². The monoisotopic (exact) mass is 471 g/mol. The molecule has 1 aromatic carbocycles. The summed E-state index contributed by atoms with van der Waals surface area (Å²) in [4.78, 5) is 31.2. The number of benzene rings is 1. The first-order chi connectivity index (χ1) is 16.1. The summed E-state index contributed by atoms with van der Waals surface area (Å²) in [5.74, 6) is 0.919. The summed E-state index contributed by atoms with van der Waals surface area (Å²) < 4.78 is 10.5. The van der Waals surface area contributed by atoms with Gasteiger partial charge in [-0.3, -0.25) is 20.3 Å². The largest absolute Gasteiger partial charge is 0.449 e. The second-order valence-electron chi connectivity index (χ2n) is 7.79. The van der Waals surface area contributed by atoms with Crippen LogP contribution in [0.25, 0.3) is 10.8 Å². The van der Waals surface area contributed by atoms with Crippen molar-refractivity contribution in [3.63, 3.8) is 0 Å². The van der Waals surface area contributed by atoms with Gasteiger partial charge in [-0.05, 0) is 50.2 Å². The van der Waals surface area contributed by atoms with Gasteiger partial charge in [0.05, 0.1) is 9.80 Å². The van der Waals surface area contributed by atoms with Crippen LogP contribution in [0.3, 0.4) is 0 Å². The van der Waals surface area contributed by atoms with E-state index >= 15 is 0 Å². The Labute approximate surface area is 194 Å². The Morgan fingerprint density at radius 3 is 2.64 bits per heavy atom. The predicted molar refractivity (Wildman–Crippen MR) is 123 cm³/mol. The van der Waals surface area contributed by atoms with Crippen molar-refractivity contribution >= 4 is 28.8 Å². The third-order valence-electron chi connectivity index (χ3n) is 5.30. The molecule has 4 rings (SSSR count). The molecule has 33 heavy (non-hydrogen) atoms. The Bertz CT molecular complexity index is 1070. The van der Waals surface area contributed by atoms with Gasteiger partial charge in [0, 0.05) is 35.7 Å². The van der Waals surface area contributed by atoms with Gasteiger partial charge in [-0.25, -0.2) is 4.79 Å². The lowest BCUT2D eigenvalue weighted by Gasteiger charge is -2.18. The van der Waals surface area contributed by atoms with Crippen LogP contribution in [0.5, 0.6) is 0 Å². The molecule has 1 aliphatic heterocycles. The lowest BCUT2D eigenvalue weighted by molar-refractivity contribution is -0.384. The minimum Gasteiger partial charge on any atom is -0.449 e. The minimum absolute atomic E-state index is 0.0540. The van der Waals surface area contributed by atoms with Crippen molar-refractivity contribution in [1.29, 1.82) is 0 Å². The number of nitro groups is 1. The first-order valence-corrected chi connectivity index (χ1v) is 11.7. The summed E-state index contributed by atoms with van der Waals surface area (Å²) in [5.41, 5.74) is 0.350. The molecule has 1 amide bonds. The van der Waals surface area contributed by atoms with Gasteiger partial charge in [-0.15, -0.1) is 11.3 Å². The molecular weight excluding hydrogens is 446 g/mol. The number of non-ortho nitro benzene ring substituents is 1. The van der Waals surface area contributed by atoms with Crippen molar-refractivity contribution in [2.24, 2.45) is 0 Å². The zero-order valence-electron chi connectivity index (χ0n) is 18.1. The molecule has 0 atom stereocenters. The van der Waals surface area contributed by atoms with E-state index in [1.54, 1.807) is 11.3 Å². The van der Waals surface area contributed by atoms with Gasteiger partial charge in [0.2, 0.25) is 0 Å². The van der Waals surface area contributed by atoms with E-state index in [0.29, 0.717) is 23.8 Å². The fourth-order valence-corrected chi connectivity index (χ4v) is 4.58. The molecule has 0 radical (unpaired) electrons. The number of carbonyl (C=O) groups excluding carboxylic acids is 1. The van der Waals surface area contributed by atoms with Crippen LogP contribution in [0.15, 0.2) is 40.9 Å². The first-order valence-electron chi connectivity index (χ1n) is 10.9. The normalized spacial score (nSPS) is 14.5. The molecule has 1 N–H and O–H groups in total. The fourth-order valence-electron chi connectivity index (χ4n) is 3.60. The summed E-state index contributed by atoms with van der Waals surface area (Å²) in [6, 6.07) is 9.60. The zero-order valence-corrected chi connectivity index (χ0v) is 18.9. The van der Waals surface area contributed by atoms with E-state index in [1.807, 2.05) is 6.07 Å². The molecule has 0 bridgehead atoms. The number of hydrogen-bond acceptors (Lipinski definition) is 9. The van der Waals surface area contributed by atoms with E-state index < -0.39 is 11.0 Å².